The summed E-state index contributed by atoms with van der Waals surface area (Å²) in [6, 6.07) is 0. The van der Waals surface area contributed by atoms with Crippen molar-refractivity contribution < 1.29 is 9.47 Å². The van der Waals surface area contributed by atoms with E-state index in [2.05, 4.69) is 9.89 Å². The average molecular weight is 269 g/mol. The number of guanidine groups is 1. The lowest BCUT2D eigenvalue weighted by molar-refractivity contribution is 0.0481. The van der Waals surface area contributed by atoms with E-state index < -0.39 is 0 Å². The van der Waals surface area contributed by atoms with Gasteiger partial charge in [0.15, 0.2) is 5.96 Å². The third-order valence-corrected chi connectivity index (χ3v) is 3.86. The molecule has 0 amide bonds. The van der Waals surface area contributed by atoms with Crippen LogP contribution in [0.5, 0.6) is 0 Å². The Morgan fingerprint density at radius 3 is 2.53 bits per heavy atom. The first-order valence-electron chi connectivity index (χ1n) is 7.60. The summed E-state index contributed by atoms with van der Waals surface area (Å²) >= 11 is 0. The SMILES string of the molecule is NC(=NCCOC1CCCCCC1)N1CCOCC1. The van der Waals surface area contributed by atoms with Crippen LogP contribution < -0.4 is 5.73 Å². The Kier molecular flexibility index (Phi) is 6.44. The molecular formula is C14H27N3O2. The molecule has 0 aromatic carbocycles. The largest absolute Gasteiger partial charge is 0.378 e. The fourth-order valence-electron chi connectivity index (χ4n) is 2.68. The third-order valence-electron chi connectivity index (χ3n) is 3.86. The molecule has 0 unspecified atom stereocenters. The highest BCUT2D eigenvalue weighted by Gasteiger charge is 2.13. The molecule has 1 saturated carbocycles. The number of ether oxygens (including phenoxy) is 2. The Bertz CT molecular complexity index is 270. The highest BCUT2D eigenvalue weighted by molar-refractivity contribution is 5.78. The van der Waals surface area contributed by atoms with Crippen LogP contribution in [0.2, 0.25) is 0 Å². The van der Waals surface area contributed by atoms with Gasteiger partial charge in [0.1, 0.15) is 0 Å². The molecule has 5 heteroatoms. The molecule has 1 heterocycles. The zero-order valence-electron chi connectivity index (χ0n) is 11.9. The lowest BCUT2D eigenvalue weighted by Gasteiger charge is -2.27. The zero-order chi connectivity index (χ0) is 13.3. The Balaban J connectivity index is 1.61. The quantitative estimate of drug-likeness (QED) is 0.362. The fraction of sp³-hybridized carbons (Fsp3) is 0.929. The predicted molar refractivity (Wildman–Crippen MR) is 76.3 cm³/mol. The molecule has 0 radical (unpaired) electrons. The van der Waals surface area contributed by atoms with E-state index in [0.717, 1.165) is 26.3 Å². The van der Waals surface area contributed by atoms with Crippen LogP contribution in [0.1, 0.15) is 38.5 Å². The van der Waals surface area contributed by atoms with E-state index in [-0.39, 0.29) is 0 Å². The first-order valence-corrected chi connectivity index (χ1v) is 7.60. The molecule has 19 heavy (non-hydrogen) atoms. The number of rotatable bonds is 4. The lowest BCUT2D eigenvalue weighted by Crippen LogP contribution is -2.45. The maximum absolute atomic E-state index is 5.96. The van der Waals surface area contributed by atoms with Crippen LogP contribution in [0.3, 0.4) is 0 Å². The van der Waals surface area contributed by atoms with Crippen molar-refractivity contribution in [2.24, 2.45) is 10.7 Å². The minimum atomic E-state index is 0.447. The van der Waals surface area contributed by atoms with Gasteiger partial charge in [-0.1, -0.05) is 25.7 Å². The highest BCUT2D eigenvalue weighted by atomic mass is 16.5. The van der Waals surface area contributed by atoms with Crippen LogP contribution in [0.25, 0.3) is 0 Å². The molecule has 0 aromatic heterocycles. The normalized spacial score (nSPS) is 23.4. The Hall–Kier alpha value is -0.810. The van der Waals surface area contributed by atoms with Gasteiger partial charge in [0, 0.05) is 13.1 Å². The molecule has 0 spiro atoms. The number of morpholine rings is 1. The first kappa shape index (κ1) is 14.6. The van der Waals surface area contributed by atoms with Gasteiger partial charge in [-0.2, -0.15) is 0 Å². The van der Waals surface area contributed by atoms with Crippen LogP contribution >= 0.6 is 0 Å². The standard InChI is InChI=1S/C14H27N3O2/c15-14(17-8-11-18-12-9-17)16-7-10-19-13-5-3-1-2-4-6-13/h13H,1-12H2,(H2,15,16). The second kappa shape index (κ2) is 8.38. The summed E-state index contributed by atoms with van der Waals surface area (Å²) in [6.45, 7) is 4.54. The maximum atomic E-state index is 5.96. The summed E-state index contributed by atoms with van der Waals surface area (Å²) in [5, 5.41) is 0. The number of nitrogens with two attached hydrogens (primary N) is 1. The van der Waals surface area contributed by atoms with Crippen LogP contribution in [-0.2, 0) is 9.47 Å². The summed E-state index contributed by atoms with van der Waals surface area (Å²) in [5.74, 6) is 0.632. The van der Waals surface area contributed by atoms with Gasteiger partial charge in [-0.3, -0.25) is 4.99 Å². The topological polar surface area (TPSA) is 60.1 Å². The first-order chi connectivity index (χ1) is 9.36. The molecule has 1 aliphatic heterocycles. The minimum Gasteiger partial charge on any atom is -0.378 e. The van der Waals surface area contributed by atoms with Gasteiger partial charge in [-0.05, 0) is 12.8 Å². The van der Waals surface area contributed by atoms with Crippen molar-refractivity contribution in [3.8, 4) is 0 Å². The van der Waals surface area contributed by atoms with Crippen molar-refractivity contribution in [2.45, 2.75) is 44.6 Å². The molecular weight excluding hydrogens is 242 g/mol. The van der Waals surface area contributed by atoms with Crippen LogP contribution in [0.4, 0.5) is 0 Å². The molecule has 2 rings (SSSR count). The third kappa shape index (κ3) is 5.37. The summed E-state index contributed by atoms with van der Waals surface area (Å²) in [5.41, 5.74) is 5.96. The van der Waals surface area contributed by atoms with Gasteiger partial charge in [0.2, 0.25) is 0 Å². The molecule has 2 aliphatic rings. The second-order valence-electron chi connectivity index (χ2n) is 5.32. The van der Waals surface area contributed by atoms with Crippen LogP contribution in [0, 0.1) is 0 Å². The summed E-state index contributed by atoms with van der Waals surface area (Å²) < 4.78 is 11.2. The number of hydrogen-bond donors (Lipinski definition) is 1. The number of aliphatic imine (C=N–C) groups is 1. The maximum Gasteiger partial charge on any atom is 0.191 e. The van der Waals surface area contributed by atoms with Crippen molar-refractivity contribution in [2.75, 3.05) is 39.5 Å². The molecule has 0 bridgehead atoms. The van der Waals surface area contributed by atoms with E-state index in [1.807, 2.05) is 0 Å². The Labute approximate surface area is 116 Å². The molecule has 5 nitrogen and oxygen atoms in total. The van der Waals surface area contributed by atoms with Gasteiger partial charge in [0.25, 0.3) is 0 Å². The lowest BCUT2D eigenvalue weighted by atomic mass is 10.1. The molecule has 110 valence electrons. The van der Waals surface area contributed by atoms with Crippen molar-refractivity contribution in [1.29, 1.82) is 0 Å². The van der Waals surface area contributed by atoms with Crippen LogP contribution in [0.15, 0.2) is 4.99 Å². The smallest absolute Gasteiger partial charge is 0.191 e. The molecule has 2 fully saturated rings. The van der Waals surface area contributed by atoms with Crippen LogP contribution in [-0.4, -0.2) is 56.4 Å². The average Bonchev–Trinajstić information content (AvgIpc) is 2.73. The minimum absolute atomic E-state index is 0.447. The predicted octanol–water partition coefficient (Wildman–Crippen LogP) is 1.37. The van der Waals surface area contributed by atoms with Gasteiger partial charge < -0.3 is 20.1 Å². The summed E-state index contributed by atoms with van der Waals surface area (Å²) in [7, 11) is 0. The van der Waals surface area contributed by atoms with Crippen molar-refractivity contribution in [3.05, 3.63) is 0 Å². The van der Waals surface area contributed by atoms with E-state index in [1.165, 1.54) is 38.5 Å². The van der Waals surface area contributed by atoms with E-state index >= 15 is 0 Å². The van der Waals surface area contributed by atoms with E-state index in [1.54, 1.807) is 0 Å². The number of hydrogen-bond acceptors (Lipinski definition) is 3. The van der Waals surface area contributed by atoms with Gasteiger partial charge in [-0.15, -0.1) is 0 Å². The van der Waals surface area contributed by atoms with E-state index in [9.17, 15) is 0 Å². The van der Waals surface area contributed by atoms with Crippen molar-refractivity contribution in [3.63, 3.8) is 0 Å². The molecule has 1 aliphatic carbocycles. The molecule has 0 aromatic rings. The van der Waals surface area contributed by atoms with E-state index in [4.69, 9.17) is 15.2 Å². The monoisotopic (exact) mass is 269 g/mol. The summed E-state index contributed by atoms with van der Waals surface area (Å²) in [6.07, 6.45) is 8.21. The molecule has 0 atom stereocenters. The van der Waals surface area contributed by atoms with Crippen molar-refractivity contribution >= 4 is 5.96 Å². The second-order valence-corrected chi connectivity index (χ2v) is 5.32. The Morgan fingerprint density at radius 1 is 1.16 bits per heavy atom. The number of nitrogens with zero attached hydrogens (tertiary/aromatic N) is 2. The van der Waals surface area contributed by atoms with Gasteiger partial charge in [0.05, 0.1) is 32.5 Å². The molecule has 1 saturated heterocycles. The fourth-order valence-corrected chi connectivity index (χ4v) is 2.68. The Morgan fingerprint density at radius 2 is 1.84 bits per heavy atom. The van der Waals surface area contributed by atoms with Gasteiger partial charge >= 0.3 is 0 Å². The van der Waals surface area contributed by atoms with Gasteiger partial charge in [-0.25, -0.2) is 0 Å². The summed E-state index contributed by atoms with van der Waals surface area (Å²) in [4.78, 5) is 6.47. The highest BCUT2D eigenvalue weighted by Crippen LogP contribution is 2.19. The zero-order valence-corrected chi connectivity index (χ0v) is 11.9. The van der Waals surface area contributed by atoms with Crippen molar-refractivity contribution in [1.82, 2.24) is 4.90 Å². The molecule has 2 N–H and O–H groups in total. The van der Waals surface area contributed by atoms with E-state index in [0.29, 0.717) is 25.2 Å².